The smallest absolute Gasteiger partial charge is 0.335 e. The van der Waals surface area contributed by atoms with Crippen LogP contribution in [0.5, 0.6) is 0 Å². The fourth-order valence-corrected chi connectivity index (χ4v) is 2.08. The van der Waals surface area contributed by atoms with Crippen molar-refractivity contribution in [2.45, 2.75) is 18.9 Å². The van der Waals surface area contributed by atoms with Crippen LogP contribution in [-0.4, -0.2) is 38.1 Å². The molecule has 0 aromatic heterocycles. The lowest BCUT2D eigenvalue weighted by molar-refractivity contribution is -0.113. The second-order valence-electron chi connectivity index (χ2n) is 4.02. The van der Waals surface area contributed by atoms with Gasteiger partial charge >= 0.3 is 5.97 Å². The summed E-state index contributed by atoms with van der Waals surface area (Å²) in [7, 11) is -3.67. The molecule has 0 radical (unpaired) electrons. The molecule has 0 amide bonds. The summed E-state index contributed by atoms with van der Waals surface area (Å²) in [5, 5.41) is 8.73. The third-order valence-electron chi connectivity index (χ3n) is 2.37. The van der Waals surface area contributed by atoms with Gasteiger partial charge < -0.3 is 9.90 Å². The topological polar surface area (TPSA) is 97.7 Å². The summed E-state index contributed by atoms with van der Waals surface area (Å²) >= 11 is 0. The van der Waals surface area contributed by atoms with Crippen molar-refractivity contribution in [3.8, 4) is 0 Å². The highest BCUT2D eigenvalue weighted by molar-refractivity contribution is 7.86. The molecule has 0 saturated heterocycles. The summed E-state index contributed by atoms with van der Waals surface area (Å²) in [6.45, 7) is 0. The van der Waals surface area contributed by atoms with Crippen LogP contribution in [-0.2, 0) is 25.5 Å². The number of hydrogen-bond acceptors (Lipinski definition) is 5. The number of benzene rings is 1. The van der Waals surface area contributed by atoms with Gasteiger partial charge in [0.2, 0.25) is 0 Å². The van der Waals surface area contributed by atoms with E-state index in [1.54, 1.807) is 12.1 Å². The largest absolute Gasteiger partial charge is 0.478 e. The molecule has 1 atom stereocenters. The minimum Gasteiger partial charge on any atom is -0.478 e. The van der Waals surface area contributed by atoms with Crippen molar-refractivity contribution in [1.29, 1.82) is 0 Å². The van der Waals surface area contributed by atoms with Crippen LogP contribution in [0.3, 0.4) is 0 Å². The number of carbonyl (C=O) groups excluding carboxylic acids is 1. The second kappa shape index (κ2) is 6.44. The second-order valence-corrected chi connectivity index (χ2v) is 5.62. The molecule has 0 aliphatic carbocycles. The summed E-state index contributed by atoms with van der Waals surface area (Å²) in [6, 6.07) is 6.13. The van der Waals surface area contributed by atoms with Gasteiger partial charge in [0.1, 0.15) is 12.4 Å². The van der Waals surface area contributed by atoms with Crippen LogP contribution in [0.4, 0.5) is 0 Å². The van der Waals surface area contributed by atoms with Gasteiger partial charge in [-0.05, 0) is 30.5 Å². The Labute approximate surface area is 111 Å². The Balaban J connectivity index is 2.60. The lowest BCUT2D eigenvalue weighted by atomic mass is 10.1. The molecule has 1 aromatic carbocycles. The van der Waals surface area contributed by atoms with Crippen LogP contribution >= 0.6 is 0 Å². The van der Waals surface area contributed by atoms with Crippen molar-refractivity contribution >= 4 is 22.4 Å². The standard InChI is InChI=1S/C12H14O6S/c1-19(16,17)18-11(8-13)7-4-9-2-5-10(6-3-9)12(14)15/h2-3,5-6,8,11H,4,7H2,1H3,(H,14,15). The fourth-order valence-electron chi connectivity index (χ4n) is 1.49. The normalized spacial score (nSPS) is 12.9. The monoisotopic (exact) mass is 286 g/mol. The van der Waals surface area contributed by atoms with Crippen LogP contribution in [0.15, 0.2) is 24.3 Å². The number of carbonyl (C=O) groups is 2. The zero-order chi connectivity index (χ0) is 14.5. The third-order valence-corrected chi connectivity index (χ3v) is 2.97. The maximum absolute atomic E-state index is 10.9. The first kappa shape index (κ1) is 15.3. The van der Waals surface area contributed by atoms with E-state index in [1.807, 2.05) is 0 Å². The van der Waals surface area contributed by atoms with Crippen LogP contribution in [0.25, 0.3) is 0 Å². The van der Waals surface area contributed by atoms with Crippen LogP contribution in [0, 0.1) is 0 Å². The van der Waals surface area contributed by atoms with Crippen LogP contribution in [0.2, 0.25) is 0 Å². The molecular formula is C12H14O6S. The van der Waals surface area contributed by atoms with Crippen molar-refractivity contribution in [2.75, 3.05) is 6.26 Å². The number of aldehydes is 1. The maximum Gasteiger partial charge on any atom is 0.335 e. The number of carboxylic acids is 1. The number of aromatic carboxylic acids is 1. The summed E-state index contributed by atoms with van der Waals surface area (Å²) in [6.07, 6.45) is 0.925. The Kier molecular flexibility index (Phi) is 5.20. The average molecular weight is 286 g/mol. The predicted octanol–water partition coefficient (Wildman–Crippen LogP) is 0.861. The first-order valence-electron chi connectivity index (χ1n) is 5.47. The molecule has 7 heteroatoms. The molecule has 0 spiro atoms. The predicted molar refractivity (Wildman–Crippen MR) is 67.5 cm³/mol. The van der Waals surface area contributed by atoms with Crippen molar-refractivity contribution in [3.63, 3.8) is 0 Å². The highest BCUT2D eigenvalue weighted by Crippen LogP contribution is 2.10. The molecule has 19 heavy (non-hydrogen) atoms. The van der Waals surface area contributed by atoms with Gasteiger partial charge in [0.15, 0.2) is 0 Å². The van der Waals surface area contributed by atoms with E-state index < -0.39 is 22.2 Å². The van der Waals surface area contributed by atoms with E-state index in [-0.39, 0.29) is 12.0 Å². The molecule has 1 rings (SSSR count). The Bertz CT molecular complexity index is 546. The lowest BCUT2D eigenvalue weighted by Crippen LogP contribution is -2.19. The van der Waals surface area contributed by atoms with Crippen molar-refractivity contribution in [2.24, 2.45) is 0 Å². The molecule has 0 saturated carbocycles. The van der Waals surface area contributed by atoms with E-state index in [2.05, 4.69) is 4.18 Å². The molecule has 1 N–H and O–H groups in total. The minimum atomic E-state index is -3.67. The van der Waals surface area contributed by atoms with E-state index in [0.29, 0.717) is 12.7 Å². The minimum absolute atomic E-state index is 0.170. The molecule has 1 aromatic rings. The summed E-state index contributed by atoms with van der Waals surface area (Å²) in [4.78, 5) is 21.3. The average Bonchev–Trinajstić information content (AvgIpc) is 2.33. The third kappa shape index (κ3) is 5.62. The van der Waals surface area contributed by atoms with Gasteiger partial charge in [0.25, 0.3) is 10.1 Å². The fraction of sp³-hybridized carbons (Fsp3) is 0.333. The van der Waals surface area contributed by atoms with Gasteiger partial charge in [0, 0.05) is 0 Å². The molecule has 0 fully saturated rings. The Morgan fingerprint density at radius 1 is 1.37 bits per heavy atom. The van der Waals surface area contributed by atoms with Crippen LogP contribution < -0.4 is 0 Å². The number of rotatable bonds is 7. The highest BCUT2D eigenvalue weighted by atomic mass is 32.2. The zero-order valence-corrected chi connectivity index (χ0v) is 11.1. The Hall–Kier alpha value is -1.73. The summed E-state index contributed by atoms with van der Waals surface area (Å²) < 4.78 is 26.4. The molecule has 0 aliphatic rings. The Morgan fingerprint density at radius 3 is 2.37 bits per heavy atom. The van der Waals surface area contributed by atoms with Gasteiger partial charge in [-0.1, -0.05) is 12.1 Å². The van der Waals surface area contributed by atoms with E-state index in [9.17, 15) is 18.0 Å². The molecular weight excluding hydrogens is 272 g/mol. The van der Waals surface area contributed by atoms with Crippen molar-refractivity contribution in [1.82, 2.24) is 0 Å². The first-order valence-corrected chi connectivity index (χ1v) is 7.29. The van der Waals surface area contributed by atoms with E-state index in [0.717, 1.165) is 11.8 Å². The highest BCUT2D eigenvalue weighted by Gasteiger charge is 2.14. The van der Waals surface area contributed by atoms with E-state index in [4.69, 9.17) is 5.11 Å². The van der Waals surface area contributed by atoms with E-state index in [1.165, 1.54) is 12.1 Å². The van der Waals surface area contributed by atoms with Crippen LogP contribution in [0.1, 0.15) is 22.3 Å². The van der Waals surface area contributed by atoms with Gasteiger partial charge in [0.05, 0.1) is 11.8 Å². The number of aryl methyl sites for hydroxylation is 1. The molecule has 6 nitrogen and oxygen atoms in total. The quantitative estimate of drug-likeness (QED) is 0.589. The van der Waals surface area contributed by atoms with Gasteiger partial charge in [-0.2, -0.15) is 8.42 Å². The summed E-state index contributed by atoms with van der Waals surface area (Å²) in [5.41, 5.74) is 0.969. The van der Waals surface area contributed by atoms with Crippen molar-refractivity contribution in [3.05, 3.63) is 35.4 Å². The van der Waals surface area contributed by atoms with Gasteiger partial charge in [-0.25, -0.2) is 4.79 Å². The number of hydrogen-bond donors (Lipinski definition) is 1. The van der Waals surface area contributed by atoms with Gasteiger partial charge in [-0.3, -0.25) is 4.18 Å². The lowest BCUT2D eigenvalue weighted by Gasteiger charge is -2.09. The summed E-state index contributed by atoms with van der Waals surface area (Å²) in [5.74, 6) is -1.02. The first-order chi connectivity index (χ1) is 8.81. The molecule has 0 aliphatic heterocycles. The zero-order valence-electron chi connectivity index (χ0n) is 10.3. The van der Waals surface area contributed by atoms with E-state index >= 15 is 0 Å². The SMILES string of the molecule is CS(=O)(=O)OC(C=O)CCc1ccc(C(=O)O)cc1. The molecule has 104 valence electrons. The number of carboxylic acid groups (broad SMARTS) is 1. The maximum atomic E-state index is 10.9. The molecule has 0 bridgehead atoms. The molecule has 1 unspecified atom stereocenters. The van der Waals surface area contributed by atoms with Gasteiger partial charge in [-0.15, -0.1) is 0 Å². The van der Waals surface area contributed by atoms with Crippen molar-refractivity contribution < 1.29 is 27.3 Å². The Morgan fingerprint density at radius 2 is 1.95 bits per heavy atom. The molecule has 0 heterocycles.